The van der Waals surface area contributed by atoms with Gasteiger partial charge in [0.05, 0.1) is 10.2 Å². The second-order valence-corrected chi connectivity index (χ2v) is 5.84. The summed E-state index contributed by atoms with van der Waals surface area (Å²) in [5, 5.41) is 0. The van der Waals surface area contributed by atoms with Crippen molar-refractivity contribution in [2.24, 2.45) is 0 Å². The van der Waals surface area contributed by atoms with Gasteiger partial charge >= 0.3 is 0 Å². The first kappa shape index (κ1) is 14.9. The summed E-state index contributed by atoms with van der Waals surface area (Å²) >= 11 is 3.09. The Balaban J connectivity index is 2.07. The lowest BCUT2D eigenvalue weighted by Crippen LogP contribution is -2.00. The molecule has 0 bridgehead atoms. The molecule has 0 unspecified atom stereocenters. The molecule has 0 aliphatic carbocycles. The third-order valence-electron chi connectivity index (χ3n) is 3.09. The van der Waals surface area contributed by atoms with E-state index in [1.807, 2.05) is 12.1 Å². The largest absolute Gasteiger partial charge is 0.487 e. The SMILES string of the molecule is CC(C)c1ccc(COc2cc(F)c(Br)cc2N)cc1. The zero-order valence-electron chi connectivity index (χ0n) is 11.5. The highest BCUT2D eigenvalue weighted by molar-refractivity contribution is 9.10. The first-order valence-electron chi connectivity index (χ1n) is 6.43. The van der Waals surface area contributed by atoms with Crippen LogP contribution in [-0.4, -0.2) is 0 Å². The fourth-order valence-electron chi connectivity index (χ4n) is 1.83. The Hall–Kier alpha value is -1.55. The monoisotopic (exact) mass is 337 g/mol. The van der Waals surface area contributed by atoms with E-state index in [0.29, 0.717) is 28.4 Å². The zero-order valence-corrected chi connectivity index (χ0v) is 13.1. The van der Waals surface area contributed by atoms with E-state index in [1.165, 1.54) is 17.7 Å². The van der Waals surface area contributed by atoms with Gasteiger partial charge in [0.1, 0.15) is 18.2 Å². The molecule has 2 nitrogen and oxygen atoms in total. The van der Waals surface area contributed by atoms with Crippen LogP contribution in [0.1, 0.15) is 30.9 Å². The van der Waals surface area contributed by atoms with Crippen LogP contribution in [0.5, 0.6) is 5.75 Å². The average molecular weight is 338 g/mol. The third kappa shape index (κ3) is 3.51. The number of benzene rings is 2. The van der Waals surface area contributed by atoms with Crippen molar-refractivity contribution < 1.29 is 9.13 Å². The number of hydrogen-bond donors (Lipinski definition) is 1. The molecule has 0 saturated carbocycles. The number of nitrogens with two attached hydrogens (primary N) is 1. The van der Waals surface area contributed by atoms with Gasteiger partial charge in [-0.2, -0.15) is 0 Å². The minimum absolute atomic E-state index is 0.337. The van der Waals surface area contributed by atoms with E-state index in [1.54, 1.807) is 0 Å². The van der Waals surface area contributed by atoms with Gasteiger partial charge in [-0.25, -0.2) is 4.39 Å². The molecule has 20 heavy (non-hydrogen) atoms. The molecule has 2 N–H and O–H groups in total. The minimum atomic E-state index is -0.385. The molecule has 2 aromatic rings. The van der Waals surface area contributed by atoms with Crippen LogP contribution < -0.4 is 10.5 Å². The molecule has 0 saturated heterocycles. The second kappa shape index (κ2) is 6.27. The topological polar surface area (TPSA) is 35.2 Å². The smallest absolute Gasteiger partial charge is 0.145 e. The molecule has 4 heteroatoms. The van der Waals surface area contributed by atoms with E-state index in [2.05, 4.69) is 41.9 Å². The van der Waals surface area contributed by atoms with Gasteiger partial charge in [-0.1, -0.05) is 38.1 Å². The van der Waals surface area contributed by atoms with Crippen LogP contribution in [-0.2, 0) is 6.61 Å². The summed E-state index contributed by atoms with van der Waals surface area (Å²) in [6, 6.07) is 11.0. The molecular weight excluding hydrogens is 321 g/mol. The Morgan fingerprint density at radius 2 is 1.85 bits per heavy atom. The maximum atomic E-state index is 13.4. The molecule has 0 aliphatic heterocycles. The van der Waals surface area contributed by atoms with Crippen LogP contribution in [0.3, 0.4) is 0 Å². The first-order valence-corrected chi connectivity index (χ1v) is 7.23. The summed E-state index contributed by atoms with van der Waals surface area (Å²) in [6.45, 7) is 4.66. The molecule has 0 fully saturated rings. The van der Waals surface area contributed by atoms with Gasteiger partial charge in [0.2, 0.25) is 0 Å². The highest BCUT2D eigenvalue weighted by Crippen LogP contribution is 2.29. The van der Waals surface area contributed by atoms with Crippen molar-refractivity contribution in [3.05, 3.63) is 57.8 Å². The van der Waals surface area contributed by atoms with Gasteiger partial charge in [0.25, 0.3) is 0 Å². The summed E-state index contributed by atoms with van der Waals surface area (Å²) in [4.78, 5) is 0. The summed E-state index contributed by atoms with van der Waals surface area (Å²) in [7, 11) is 0. The second-order valence-electron chi connectivity index (χ2n) is 4.99. The molecular formula is C16H17BrFNO. The lowest BCUT2D eigenvalue weighted by atomic mass is 10.0. The number of ether oxygens (including phenoxy) is 1. The summed E-state index contributed by atoms with van der Waals surface area (Å²) in [6.07, 6.45) is 0. The maximum absolute atomic E-state index is 13.4. The predicted octanol–water partition coefficient (Wildman–Crippen LogP) is 4.87. The van der Waals surface area contributed by atoms with Gasteiger partial charge in [-0.05, 0) is 39.0 Å². The highest BCUT2D eigenvalue weighted by Gasteiger charge is 2.07. The number of halogens is 2. The molecule has 2 aromatic carbocycles. The van der Waals surface area contributed by atoms with Crippen LogP contribution in [0.25, 0.3) is 0 Å². The van der Waals surface area contributed by atoms with Gasteiger partial charge in [-0.3, -0.25) is 0 Å². The van der Waals surface area contributed by atoms with Gasteiger partial charge < -0.3 is 10.5 Å². The van der Waals surface area contributed by atoms with Gasteiger partial charge in [-0.15, -0.1) is 0 Å². The van der Waals surface area contributed by atoms with Crippen molar-refractivity contribution in [1.82, 2.24) is 0 Å². The predicted molar refractivity (Wildman–Crippen MR) is 83.4 cm³/mol. The van der Waals surface area contributed by atoms with E-state index in [0.717, 1.165) is 5.56 Å². The van der Waals surface area contributed by atoms with Crippen LogP contribution in [0.2, 0.25) is 0 Å². The van der Waals surface area contributed by atoms with Gasteiger partial charge in [0.15, 0.2) is 0 Å². The molecule has 0 radical (unpaired) electrons. The van der Waals surface area contributed by atoms with Crippen LogP contribution >= 0.6 is 15.9 Å². The van der Waals surface area contributed by atoms with E-state index in [4.69, 9.17) is 10.5 Å². The molecule has 0 heterocycles. The molecule has 0 amide bonds. The van der Waals surface area contributed by atoms with E-state index >= 15 is 0 Å². The average Bonchev–Trinajstić information content (AvgIpc) is 2.42. The van der Waals surface area contributed by atoms with Gasteiger partial charge in [0, 0.05) is 6.07 Å². The summed E-state index contributed by atoms with van der Waals surface area (Å²) in [5.74, 6) is 0.476. The van der Waals surface area contributed by atoms with E-state index < -0.39 is 0 Å². The number of hydrogen-bond acceptors (Lipinski definition) is 2. The number of nitrogen functional groups attached to an aromatic ring is 1. The summed E-state index contributed by atoms with van der Waals surface area (Å²) < 4.78 is 19.4. The van der Waals surface area contributed by atoms with Crippen molar-refractivity contribution in [2.45, 2.75) is 26.4 Å². The van der Waals surface area contributed by atoms with E-state index in [9.17, 15) is 4.39 Å². The Bertz CT molecular complexity index is 596. The number of rotatable bonds is 4. The van der Waals surface area contributed by atoms with Crippen LogP contribution in [0.4, 0.5) is 10.1 Å². The normalized spacial score (nSPS) is 10.8. The first-order chi connectivity index (χ1) is 9.47. The quantitative estimate of drug-likeness (QED) is 0.807. The lowest BCUT2D eigenvalue weighted by molar-refractivity contribution is 0.306. The van der Waals surface area contributed by atoms with Crippen molar-refractivity contribution >= 4 is 21.6 Å². The fourth-order valence-corrected chi connectivity index (χ4v) is 2.19. The number of anilines is 1. The molecule has 0 atom stereocenters. The highest BCUT2D eigenvalue weighted by atomic mass is 79.9. The third-order valence-corrected chi connectivity index (χ3v) is 3.70. The maximum Gasteiger partial charge on any atom is 0.145 e. The molecule has 2 rings (SSSR count). The molecule has 0 aliphatic rings. The van der Waals surface area contributed by atoms with Crippen molar-refractivity contribution in [1.29, 1.82) is 0 Å². The summed E-state index contributed by atoms with van der Waals surface area (Å²) in [5.41, 5.74) is 8.52. The zero-order chi connectivity index (χ0) is 14.7. The van der Waals surface area contributed by atoms with Crippen LogP contribution in [0.15, 0.2) is 40.9 Å². The minimum Gasteiger partial charge on any atom is -0.487 e. The molecule has 0 aromatic heterocycles. The van der Waals surface area contributed by atoms with Crippen LogP contribution in [0, 0.1) is 5.82 Å². The van der Waals surface area contributed by atoms with Crippen molar-refractivity contribution in [2.75, 3.05) is 5.73 Å². The van der Waals surface area contributed by atoms with E-state index in [-0.39, 0.29) is 5.82 Å². The Morgan fingerprint density at radius 3 is 2.45 bits per heavy atom. The van der Waals surface area contributed by atoms with Crippen molar-refractivity contribution in [3.63, 3.8) is 0 Å². The lowest BCUT2D eigenvalue weighted by Gasteiger charge is -2.11. The Labute approximate surface area is 126 Å². The Morgan fingerprint density at radius 1 is 1.20 bits per heavy atom. The molecule has 106 valence electrons. The Kier molecular flexibility index (Phi) is 4.65. The molecule has 0 spiro atoms. The standard InChI is InChI=1S/C16H17BrFNO/c1-10(2)12-5-3-11(4-6-12)9-20-16-8-14(18)13(17)7-15(16)19/h3-8,10H,9,19H2,1-2H3. The van der Waals surface area contributed by atoms with Crippen molar-refractivity contribution in [3.8, 4) is 5.75 Å². The fraction of sp³-hybridized carbons (Fsp3) is 0.250.